The standard InChI is InChI=1S/C14H10BrF4N/c1-20-14(7-4-8(16)6-9(17)5-7)10-2-3-11(18)13(19)12(10)15/h2-6,14,20H,1H3. The number of hydrogen-bond donors (Lipinski definition) is 1. The third-order valence-electron chi connectivity index (χ3n) is 2.88. The zero-order valence-corrected chi connectivity index (χ0v) is 11.9. The predicted octanol–water partition coefficient (Wildman–Crippen LogP) is 4.31. The van der Waals surface area contributed by atoms with Crippen molar-refractivity contribution in [2.75, 3.05) is 7.05 Å². The van der Waals surface area contributed by atoms with Crippen LogP contribution in [0.3, 0.4) is 0 Å². The van der Waals surface area contributed by atoms with Crippen LogP contribution in [0.1, 0.15) is 17.2 Å². The summed E-state index contributed by atoms with van der Waals surface area (Å²) in [6.07, 6.45) is 0. The SMILES string of the molecule is CNC(c1cc(F)cc(F)c1)c1ccc(F)c(F)c1Br. The first-order chi connectivity index (χ1) is 9.43. The summed E-state index contributed by atoms with van der Waals surface area (Å²) in [7, 11) is 1.56. The highest BCUT2D eigenvalue weighted by molar-refractivity contribution is 9.10. The molecule has 0 radical (unpaired) electrons. The molecule has 1 nitrogen and oxygen atoms in total. The van der Waals surface area contributed by atoms with Crippen LogP contribution in [0.2, 0.25) is 0 Å². The molecule has 0 aliphatic carbocycles. The van der Waals surface area contributed by atoms with Crippen LogP contribution in [0, 0.1) is 23.3 Å². The van der Waals surface area contributed by atoms with Gasteiger partial charge >= 0.3 is 0 Å². The second kappa shape index (κ2) is 5.93. The van der Waals surface area contributed by atoms with E-state index in [4.69, 9.17) is 0 Å². The van der Waals surface area contributed by atoms with E-state index in [1.165, 1.54) is 6.07 Å². The van der Waals surface area contributed by atoms with E-state index in [0.717, 1.165) is 24.3 Å². The Morgan fingerprint density at radius 2 is 1.60 bits per heavy atom. The molecule has 0 aromatic heterocycles. The molecule has 1 atom stereocenters. The largest absolute Gasteiger partial charge is 0.309 e. The van der Waals surface area contributed by atoms with Crippen LogP contribution in [0.4, 0.5) is 17.6 Å². The molecule has 0 amide bonds. The van der Waals surface area contributed by atoms with Gasteiger partial charge in [-0.25, -0.2) is 17.6 Å². The fourth-order valence-corrected chi connectivity index (χ4v) is 2.56. The minimum absolute atomic E-state index is 0.0819. The second-order valence-electron chi connectivity index (χ2n) is 4.19. The molecule has 6 heteroatoms. The number of nitrogens with one attached hydrogen (secondary N) is 1. The summed E-state index contributed by atoms with van der Waals surface area (Å²) < 4.78 is 53.1. The molecule has 0 saturated carbocycles. The maximum atomic E-state index is 13.6. The summed E-state index contributed by atoms with van der Waals surface area (Å²) >= 11 is 2.96. The van der Waals surface area contributed by atoms with Crippen molar-refractivity contribution in [2.24, 2.45) is 0 Å². The van der Waals surface area contributed by atoms with Crippen LogP contribution >= 0.6 is 15.9 Å². The fraction of sp³-hybridized carbons (Fsp3) is 0.143. The van der Waals surface area contributed by atoms with Gasteiger partial charge in [0, 0.05) is 6.07 Å². The molecular formula is C14H10BrF4N. The maximum absolute atomic E-state index is 13.6. The summed E-state index contributed by atoms with van der Waals surface area (Å²) in [4.78, 5) is 0. The predicted molar refractivity (Wildman–Crippen MR) is 71.3 cm³/mol. The smallest absolute Gasteiger partial charge is 0.173 e. The van der Waals surface area contributed by atoms with Crippen LogP contribution in [-0.4, -0.2) is 7.05 Å². The Labute approximate surface area is 121 Å². The molecule has 1 unspecified atom stereocenters. The highest BCUT2D eigenvalue weighted by atomic mass is 79.9. The van der Waals surface area contributed by atoms with E-state index in [9.17, 15) is 17.6 Å². The van der Waals surface area contributed by atoms with Crippen LogP contribution in [0.15, 0.2) is 34.8 Å². The molecule has 0 spiro atoms. The second-order valence-corrected chi connectivity index (χ2v) is 4.98. The van der Waals surface area contributed by atoms with E-state index < -0.39 is 29.3 Å². The molecule has 0 aliphatic heterocycles. The van der Waals surface area contributed by atoms with Gasteiger partial charge in [-0.3, -0.25) is 0 Å². The Kier molecular flexibility index (Phi) is 4.45. The van der Waals surface area contributed by atoms with Gasteiger partial charge in [-0.1, -0.05) is 6.07 Å². The summed E-state index contributed by atoms with van der Waals surface area (Å²) in [5.74, 6) is -3.52. The number of rotatable bonds is 3. The average Bonchev–Trinajstić information content (AvgIpc) is 2.38. The Hall–Kier alpha value is -1.40. The van der Waals surface area contributed by atoms with Crippen LogP contribution < -0.4 is 5.32 Å². The zero-order valence-electron chi connectivity index (χ0n) is 10.4. The van der Waals surface area contributed by atoms with Crippen LogP contribution in [0.25, 0.3) is 0 Å². The summed E-state index contributed by atoms with van der Waals surface area (Å²) in [5.41, 5.74) is 0.619. The van der Waals surface area contributed by atoms with Crippen molar-refractivity contribution in [3.05, 3.63) is 69.2 Å². The molecule has 2 rings (SSSR count). The minimum atomic E-state index is -1.04. The average molecular weight is 348 g/mol. The monoisotopic (exact) mass is 347 g/mol. The molecule has 20 heavy (non-hydrogen) atoms. The first kappa shape index (κ1) is 15.0. The van der Waals surface area contributed by atoms with Gasteiger partial charge in [-0.05, 0) is 52.3 Å². The lowest BCUT2D eigenvalue weighted by Gasteiger charge is -2.19. The molecule has 2 aromatic carbocycles. The van der Waals surface area contributed by atoms with Crippen LogP contribution in [0.5, 0.6) is 0 Å². The molecule has 0 heterocycles. The van der Waals surface area contributed by atoms with Crippen LogP contribution in [-0.2, 0) is 0 Å². The summed E-state index contributed by atoms with van der Waals surface area (Å²) in [5, 5.41) is 2.82. The normalized spacial score (nSPS) is 12.5. The van der Waals surface area contributed by atoms with Crippen molar-refractivity contribution in [3.8, 4) is 0 Å². The Morgan fingerprint density at radius 3 is 2.15 bits per heavy atom. The fourth-order valence-electron chi connectivity index (χ4n) is 2.01. The van der Waals surface area contributed by atoms with Crippen molar-refractivity contribution in [2.45, 2.75) is 6.04 Å². The molecule has 0 bridgehead atoms. The number of halogens is 5. The van der Waals surface area contributed by atoms with Crippen molar-refractivity contribution < 1.29 is 17.6 Å². The van der Waals surface area contributed by atoms with Gasteiger partial charge in [0.15, 0.2) is 11.6 Å². The van der Waals surface area contributed by atoms with Gasteiger partial charge in [0.05, 0.1) is 10.5 Å². The molecule has 0 fully saturated rings. The molecule has 0 aliphatic rings. The highest BCUT2D eigenvalue weighted by Crippen LogP contribution is 2.32. The van der Waals surface area contributed by atoms with E-state index in [1.807, 2.05) is 0 Å². The first-order valence-electron chi connectivity index (χ1n) is 5.70. The molecule has 0 saturated heterocycles. The lowest BCUT2D eigenvalue weighted by Crippen LogP contribution is -2.19. The summed E-state index contributed by atoms with van der Waals surface area (Å²) in [6.45, 7) is 0. The quantitative estimate of drug-likeness (QED) is 0.644. The lowest BCUT2D eigenvalue weighted by molar-refractivity contribution is 0.499. The topological polar surface area (TPSA) is 12.0 Å². The van der Waals surface area contributed by atoms with Gasteiger partial charge in [-0.2, -0.15) is 0 Å². The molecular weight excluding hydrogens is 338 g/mol. The van der Waals surface area contributed by atoms with Gasteiger partial charge in [0.2, 0.25) is 0 Å². The van der Waals surface area contributed by atoms with Gasteiger partial charge in [0.25, 0.3) is 0 Å². The molecule has 106 valence electrons. The van der Waals surface area contributed by atoms with Crippen molar-refractivity contribution >= 4 is 15.9 Å². The van der Waals surface area contributed by atoms with Crippen molar-refractivity contribution in [1.29, 1.82) is 0 Å². The Morgan fingerprint density at radius 1 is 1.00 bits per heavy atom. The minimum Gasteiger partial charge on any atom is -0.309 e. The first-order valence-corrected chi connectivity index (χ1v) is 6.50. The van der Waals surface area contributed by atoms with Gasteiger partial charge < -0.3 is 5.32 Å². The van der Waals surface area contributed by atoms with Crippen molar-refractivity contribution in [1.82, 2.24) is 5.32 Å². The molecule has 1 N–H and O–H groups in total. The third-order valence-corrected chi connectivity index (χ3v) is 3.69. The number of benzene rings is 2. The van der Waals surface area contributed by atoms with E-state index in [-0.39, 0.29) is 10.0 Å². The van der Waals surface area contributed by atoms with E-state index in [2.05, 4.69) is 21.2 Å². The van der Waals surface area contributed by atoms with E-state index >= 15 is 0 Å². The van der Waals surface area contributed by atoms with Gasteiger partial charge in [0.1, 0.15) is 11.6 Å². The van der Waals surface area contributed by atoms with Gasteiger partial charge in [-0.15, -0.1) is 0 Å². The van der Waals surface area contributed by atoms with E-state index in [1.54, 1.807) is 7.05 Å². The third kappa shape index (κ3) is 2.86. The molecule has 2 aromatic rings. The summed E-state index contributed by atoms with van der Waals surface area (Å²) in [6, 6.07) is 4.67. The Bertz CT molecular complexity index is 625. The maximum Gasteiger partial charge on any atom is 0.173 e. The lowest BCUT2D eigenvalue weighted by atomic mass is 9.98. The number of hydrogen-bond acceptors (Lipinski definition) is 1. The van der Waals surface area contributed by atoms with E-state index in [0.29, 0.717) is 5.56 Å². The van der Waals surface area contributed by atoms with Crippen molar-refractivity contribution in [3.63, 3.8) is 0 Å². The Balaban J connectivity index is 2.55. The zero-order chi connectivity index (χ0) is 14.9. The highest BCUT2D eigenvalue weighted by Gasteiger charge is 2.20.